The summed E-state index contributed by atoms with van der Waals surface area (Å²) in [5, 5.41) is 17.6. The number of ether oxygens (including phenoxy) is 16. The predicted molar refractivity (Wildman–Crippen MR) is 352 cm³/mol. The van der Waals surface area contributed by atoms with E-state index in [0.29, 0.717) is 52.5 Å². The molecule has 6 rings (SSSR count). The van der Waals surface area contributed by atoms with E-state index in [2.05, 4.69) is 10.6 Å². The van der Waals surface area contributed by atoms with Crippen LogP contribution in [0.15, 0.2) is 0 Å². The first kappa shape index (κ1) is 84.3. The molecule has 3 N–H and O–H groups in total. The van der Waals surface area contributed by atoms with Crippen LogP contribution in [0.3, 0.4) is 0 Å². The SMILES string of the molecule is CC(C)(C)CC(C)(C)C(OC(=O)C(=O)OC(CC(=O)OCC1CO1)(CC(=O)OCC1CO1)CC(=O)OCC1CO1)C(C)(C)CC(C)(C)C(=O)NCCNC(=O)C(C)(O)CC(C)(C)C(OC(=O)C(=O)OC(CC(=O)OCC1CO1)(CC(=O)OCC1CO1)CC(=O)OCC1CO1)C(C)(C)CC(C)(C)C. The molecular weight excluding hydrogens is 1340 g/mol. The second-order valence-corrected chi connectivity index (χ2v) is 34.1. The third-order valence-electron chi connectivity index (χ3n) is 17.5. The molecule has 102 heavy (non-hydrogen) atoms. The number of hydrogen-bond donors (Lipinski definition) is 3. The van der Waals surface area contributed by atoms with E-state index in [-0.39, 0.29) is 95.8 Å². The molecule has 0 aromatic rings. The van der Waals surface area contributed by atoms with Crippen LogP contribution in [-0.4, -0.2) is 235 Å². The molecule has 31 nitrogen and oxygen atoms in total. The highest BCUT2D eigenvalue weighted by atomic mass is 16.7. The molecule has 0 aromatic carbocycles. The second kappa shape index (κ2) is 34.1. The van der Waals surface area contributed by atoms with Crippen LogP contribution < -0.4 is 10.6 Å². The Morgan fingerprint density at radius 3 is 0.804 bits per heavy atom. The fourth-order valence-electron chi connectivity index (χ4n) is 14.2. The van der Waals surface area contributed by atoms with Gasteiger partial charge in [-0.1, -0.05) is 111 Å². The molecule has 9 atom stereocenters. The van der Waals surface area contributed by atoms with Crippen molar-refractivity contribution < 1.29 is 138 Å². The van der Waals surface area contributed by atoms with Crippen molar-refractivity contribution >= 4 is 71.5 Å². The van der Waals surface area contributed by atoms with Gasteiger partial charge in [0.25, 0.3) is 5.91 Å². The molecule has 6 fully saturated rings. The number of amides is 2. The van der Waals surface area contributed by atoms with Gasteiger partial charge in [-0.3, -0.25) is 38.4 Å². The zero-order chi connectivity index (χ0) is 76.2. The molecule has 2 amide bonds. The van der Waals surface area contributed by atoms with Crippen molar-refractivity contribution in [2.45, 2.75) is 248 Å². The fraction of sp³-hybridized carbons (Fsp3) is 0.831. The van der Waals surface area contributed by atoms with Gasteiger partial charge < -0.3 is 91.5 Å². The van der Waals surface area contributed by atoms with Gasteiger partial charge in [0.2, 0.25) is 5.91 Å². The van der Waals surface area contributed by atoms with Gasteiger partial charge in [-0.05, 0) is 43.4 Å². The smallest absolute Gasteiger partial charge is 0.418 e. The zero-order valence-corrected chi connectivity index (χ0v) is 62.5. The summed E-state index contributed by atoms with van der Waals surface area (Å²) in [6, 6.07) is 0. The first-order chi connectivity index (χ1) is 47.0. The Bertz CT molecular complexity index is 2660. The Balaban J connectivity index is 1.13. The van der Waals surface area contributed by atoms with Crippen LogP contribution in [0.5, 0.6) is 0 Å². The maximum atomic E-state index is 14.4. The average Bonchev–Trinajstić information content (AvgIpc) is 1.00. The Kier molecular flexibility index (Phi) is 28.2. The van der Waals surface area contributed by atoms with E-state index in [1.54, 1.807) is 55.4 Å². The van der Waals surface area contributed by atoms with Crippen molar-refractivity contribution in [2.24, 2.45) is 37.9 Å². The molecule has 578 valence electrons. The maximum absolute atomic E-state index is 14.4. The highest BCUT2D eigenvalue weighted by molar-refractivity contribution is 6.30. The van der Waals surface area contributed by atoms with Gasteiger partial charge in [0.1, 0.15) is 105 Å². The van der Waals surface area contributed by atoms with Gasteiger partial charge in [0.15, 0.2) is 0 Å². The number of aliphatic hydroxyl groups is 1. The highest BCUT2D eigenvalue weighted by Crippen LogP contribution is 2.50. The van der Waals surface area contributed by atoms with E-state index < -0.39 is 183 Å². The molecule has 0 aliphatic carbocycles. The zero-order valence-electron chi connectivity index (χ0n) is 62.5. The highest BCUT2D eigenvalue weighted by Gasteiger charge is 2.54. The van der Waals surface area contributed by atoms with Gasteiger partial charge in [0, 0.05) is 40.2 Å². The minimum Gasteiger partial charge on any atom is -0.463 e. The van der Waals surface area contributed by atoms with E-state index in [1.807, 2.05) is 55.4 Å². The van der Waals surface area contributed by atoms with Gasteiger partial charge in [-0.2, -0.15) is 0 Å². The van der Waals surface area contributed by atoms with Crippen molar-refractivity contribution in [3.05, 3.63) is 0 Å². The minimum absolute atomic E-state index is 0.00749. The Morgan fingerprint density at radius 2 is 0.569 bits per heavy atom. The summed E-state index contributed by atoms with van der Waals surface area (Å²) >= 11 is 0. The Morgan fingerprint density at radius 1 is 0.343 bits per heavy atom. The minimum atomic E-state index is -2.41. The summed E-state index contributed by atoms with van der Waals surface area (Å²) in [4.78, 5) is 166. The molecule has 9 unspecified atom stereocenters. The monoisotopic (exact) mass is 1450 g/mol. The van der Waals surface area contributed by atoms with Crippen molar-refractivity contribution in [3.8, 4) is 0 Å². The van der Waals surface area contributed by atoms with E-state index in [9.17, 15) is 62.6 Å². The molecule has 31 heteroatoms. The van der Waals surface area contributed by atoms with Crippen LogP contribution in [0, 0.1) is 37.9 Å². The Hall–Kier alpha value is -6.64. The number of esters is 10. The number of epoxide rings is 6. The van der Waals surface area contributed by atoms with Crippen LogP contribution in [0.4, 0.5) is 0 Å². The number of rotatable bonds is 43. The van der Waals surface area contributed by atoms with E-state index in [0.717, 1.165) is 0 Å². The molecule has 6 heterocycles. The topological polar surface area (TPSA) is 417 Å². The van der Waals surface area contributed by atoms with Crippen LogP contribution in [0.2, 0.25) is 0 Å². The van der Waals surface area contributed by atoms with Gasteiger partial charge in [0.05, 0.1) is 78.2 Å². The number of hydrogen-bond acceptors (Lipinski definition) is 29. The first-order valence-corrected chi connectivity index (χ1v) is 34.8. The standard InChI is InChI=1S/C71H110N2O29/c1-62(2,3)38-64(7,8)58(99-54(80)56(82)101-70(20-48(74)93-32-42-26-87-42,21-49(75)94-33-43-27-88-43)22-50(76)95-34-44-28-89-44)66(11,12)40-68(15,16)60(84)72-18-19-73-61(85)69(17,86)41-67(13,14)59(65(9,10)39-63(4,5)6)100-55(81)57(83)102-71(23-51(77)96-35-45-29-90-45,24-52(78)97-36-46-30-91-46)25-53(79)98-37-47-31-92-47/h42-47,58-59,86H,18-41H2,1-17H3,(H,72,84)(H,73,85). The van der Waals surface area contributed by atoms with Gasteiger partial charge in [-0.15, -0.1) is 0 Å². The summed E-state index contributed by atoms with van der Waals surface area (Å²) in [6.07, 6.45) is -9.80. The average molecular weight is 1460 g/mol. The molecule has 0 spiro atoms. The third-order valence-corrected chi connectivity index (χ3v) is 17.5. The molecule has 0 bridgehead atoms. The Labute approximate surface area is 596 Å². The summed E-state index contributed by atoms with van der Waals surface area (Å²) in [5.74, 6) is -13.9. The molecular formula is C71H110N2O29. The molecule has 0 radical (unpaired) electrons. The molecule has 6 aliphatic rings. The molecule has 6 saturated heterocycles. The normalized spacial score (nSPS) is 22.3. The lowest BCUT2D eigenvalue weighted by Crippen LogP contribution is -2.54. The third kappa shape index (κ3) is 29.5. The van der Waals surface area contributed by atoms with Crippen LogP contribution >= 0.6 is 0 Å². The fourth-order valence-corrected chi connectivity index (χ4v) is 14.2. The lowest BCUT2D eigenvalue weighted by molar-refractivity contribution is -0.197. The van der Waals surface area contributed by atoms with Crippen molar-refractivity contribution in [1.29, 1.82) is 0 Å². The molecule has 0 saturated carbocycles. The maximum Gasteiger partial charge on any atom is 0.418 e. The number of carbonyl (C=O) groups excluding carboxylic acids is 12. The van der Waals surface area contributed by atoms with Gasteiger partial charge in [-0.25, -0.2) is 19.2 Å². The van der Waals surface area contributed by atoms with Crippen LogP contribution in [0.25, 0.3) is 0 Å². The van der Waals surface area contributed by atoms with E-state index in [1.165, 1.54) is 6.92 Å². The molecule has 6 aliphatic heterocycles. The van der Waals surface area contributed by atoms with E-state index >= 15 is 0 Å². The predicted octanol–water partition coefficient (Wildman–Crippen LogP) is 4.13. The lowest BCUT2D eigenvalue weighted by atomic mass is 9.61. The summed E-state index contributed by atoms with van der Waals surface area (Å²) < 4.78 is 86.8. The molecule has 0 aromatic heterocycles. The van der Waals surface area contributed by atoms with Crippen LogP contribution in [-0.2, 0) is 133 Å². The number of carbonyl (C=O) groups is 12. The van der Waals surface area contributed by atoms with E-state index in [4.69, 9.17) is 75.8 Å². The number of nitrogens with one attached hydrogen (secondary N) is 2. The second-order valence-electron chi connectivity index (χ2n) is 34.1. The summed E-state index contributed by atoms with van der Waals surface area (Å²) in [6.45, 7) is 30.7. The van der Waals surface area contributed by atoms with Crippen molar-refractivity contribution in [2.75, 3.05) is 92.4 Å². The van der Waals surface area contributed by atoms with Crippen molar-refractivity contribution in [3.63, 3.8) is 0 Å². The quantitative estimate of drug-likeness (QED) is 0.0254. The summed E-state index contributed by atoms with van der Waals surface area (Å²) in [5.41, 5.74) is -13.6. The van der Waals surface area contributed by atoms with Crippen molar-refractivity contribution in [1.82, 2.24) is 10.6 Å². The van der Waals surface area contributed by atoms with Crippen LogP contribution in [0.1, 0.15) is 182 Å². The lowest BCUT2D eigenvalue weighted by Gasteiger charge is -2.48. The van der Waals surface area contributed by atoms with Gasteiger partial charge >= 0.3 is 59.7 Å². The summed E-state index contributed by atoms with van der Waals surface area (Å²) in [7, 11) is 0. The largest absolute Gasteiger partial charge is 0.463 e. The first-order valence-electron chi connectivity index (χ1n) is 34.8.